The molecule has 0 spiro atoms. The molecule has 4 rings (SSSR count). The number of aliphatic hydroxyl groups excluding tert-OH is 1. The molecule has 1 aliphatic rings. The molecule has 0 aliphatic carbocycles. The molecule has 228 valence electrons. The van der Waals surface area contributed by atoms with Crippen molar-refractivity contribution in [2.75, 3.05) is 16.4 Å². The maximum atomic E-state index is 12.5. The predicted molar refractivity (Wildman–Crippen MR) is 166 cm³/mol. The lowest BCUT2D eigenvalue weighted by Gasteiger charge is -2.36. The minimum absolute atomic E-state index is 0.0294. The molecule has 0 aromatic heterocycles. The van der Waals surface area contributed by atoms with Gasteiger partial charge in [0.15, 0.2) is 6.29 Å². The summed E-state index contributed by atoms with van der Waals surface area (Å²) in [5, 5.41) is 23.9. The largest absolute Gasteiger partial charge is 0.481 e. The second-order valence-corrected chi connectivity index (χ2v) is 11.6. The van der Waals surface area contributed by atoms with Gasteiger partial charge in [-0.15, -0.1) is 11.8 Å². The van der Waals surface area contributed by atoms with Gasteiger partial charge in [0.2, 0.25) is 11.8 Å². The smallest absolute Gasteiger partial charge is 0.303 e. The molecular weight excluding hydrogens is 568 g/mol. The van der Waals surface area contributed by atoms with Gasteiger partial charge >= 0.3 is 5.97 Å². The summed E-state index contributed by atoms with van der Waals surface area (Å²) < 4.78 is 12.9. The van der Waals surface area contributed by atoms with Crippen LogP contribution in [-0.4, -0.2) is 39.9 Å². The number of carbonyl (C=O) groups is 3. The van der Waals surface area contributed by atoms with Gasteiger partial charge in [-0.2, -0.15) is 0 Å². The number of thioether (sulfide) groups is 1. The van der Waals surface area contributed by atoms with E-state index in [1.165, 1.54) is 6.92 Å². The van der Waals surface area contributed by atoms with Gasteiger partial charge in [-0.1, -0.05) is 42.8 Å². The van der Waals surface area contributed by atoms with Crippen molar-refractivity contribution >= 4 is 40.9 Å². The van der Waals surface area contributed by atoms with E-state index in [0.29, 0.717) is 43.5 Å². The molecule has 9 nitrogen and oxygen atoms in total. The third-order valence-electron chi connectivity index (χ3n) is 6.96. The Morgan fingerprint density at radius 3 is 2.30 bits per heavy atom. The molecule has 1 fully saturated rings. The zero-order valence-corrected chi connectivity index (χ0v) is 25.0. The molecule has 0 radical (unpaired) electrons. The molecule has 2 amide bonds. The van der Waals surface area contributed by atoms with Crippen LogP contribution in [0.3, 0.4) is 0 Å². The maximum Gasteiger partial charge on any atom is 0.303 e. The van der Waals surface area contributed by atoms with Crippen LogP contribution in [0.5, 0.6) is 0 Å². The highest BCUT2D eigenvalue weighted by molar-refractivity contribution is 7.99. The van der Waals surface area contributed by atoms with Crippen molar-refractivity contribution in [1.82, 2.24) is 0 Å². The van der Waals surface area contributed by atoms with E-state index < -0.39 is 12.3 Å². The van der Waals surface area contributed by atoms with Crippen molar-refractivity contribution in [2.24, 2.45) is 0 Å². The monoisotopic (exact) mass is 606 g/mol. The lowest BCUT2D eigenvalue weighted by Crippen LogP contribution is -2.31. The number of carbonyl (C=O) groups excluding carboxylic acids is 2. The number of anilines is 2. The molecule has 3 aromatic carbocycles. The molecule has 43 heavy (non-hydrogen) atoms. The normalized spacial score (nSPS) is 18.1. The second-order valence-electron chi connectivity index (χ2n) is 10.5. The first kappa shape index (κ1) is 32.2. The van der Waals surface area contributed by atoms with Crippen LogP contribution in [0.1, 0.15) is 74.5 Å². The SMILES string of the molecule is CC(=O)Nc1ccc(SC[C@H]2C[C@@H](c3ccc(CO)cc3)O[C@@H](c3cccc(NC(=O)CCCCCC(=O)O)c3)O2)cc1. The van der Waals surface area contributed by atoms with E-state index in [4.69, 9.17) is 14.6 Å². The summed E-state index contributed by atoms with van der Waals surface area (Å²) in [6.07, 6.45) is 1.91. The molecule has 1 aliphatic heterocycles. The molecule has 0 bridgehead atoms. The van der Waals surface area contributed by atoms with Gasteiger partial charge < -0.3 is 30.3 Å². The highest BCUT2D eigenvalue weighted by Crippen LogP contribution is 2.40. The average molecular weight is 607 g/mol. The van der Waals surface area contributed by atoms with Gasteiger partial charge in [0.25, 0.3) is 0 Å². The average Bonchev–Trinajstić information content (AvgIpc) is 3.00. The van der Waals surface area contributed by atoms with E-state index in [2.05, 4.69) is 10.6 Å². The Labute approximate surface area is 256 Å². The first-order chi connectivity index (χ1) is 20.8. The number of amides is 2. The van der Waals surface area contributed by atoms with Gasteiger partial charge in [-0.05, 0) is 60.4 Å². The number of aliphatic carboxylic acids is 1. The van der Waals surface area contributed by atoms with Crippen molar-refractivity contribution in [2.45, 2.75) is 75.4 Å². The first-order valence-electron chi connectivity index (χ1n) is 14.4. The quantitative estimate of drug-likeness (QED) is 0.122. The Kier molecular flexibility index (Phi) is 12.2. The van der Waals surface area contributed by atoms with E-state index in [-0.39, 0.29) is 37.0 Å². The lowest BCUT2D eigenvalue weighted by molar-refractivity contribution is -0.245. The number of rotatable bonds is 14. The van der Waals surface area contributed by atoms with E-state index in [0.717, 1.165) is 27.3 Å². The number of carboxylic acid groups (broad SMARTS) is 1. The Balaban J connectivity index is 1.42. The van der Waals surface area contributed by atoms with Crippen LogP contribution in [0, 0.1) is 0 Å². The predicted octanol–water partition coefficient (Wildman–Crippen LogP) is 6.45. The van der Waals surface area contributed by atoms with E-state index in [9.17, 15) is 19.5 Å². The van der Waals surface area contributed by atoms with Crippen molar-refractivity contribution in [1.29, 1.82) is 0 Å². The summed E-state index contributed by atoms with van der Waals surface area (Å²) in [6, 6.07) is 22.8. The topological polar surface area (TPSA) is 134 Å². The fourth-order valence-corrected chi connectivity index (χ4v) is 5.70. The summed E-state index contributed by atoms with van der Waals surface area (Å²) in [4.78, 5) is 35.5. The number of ether oxygens (including phenoxy) is 2. The number of unbranched alkanes of at least 4 members (excludes halogenated alkanes) is 2. The number of hydrogen-bond donors (Lipinski definition) is 4. The van der Waals surface area contributed by atoms with Crippen molar-refractivity contribution in [3.05, 3.63) is 89.5 Å². The molecule has 4 N–H and O–H groups in total. The lowest BCUT2D eigenvalue weighted by atomic mass is 10.0. The molecule has 1 saturated heterocycles. The third kappa shape index (κ3) is 10.5. The number of hydrogen-bond acceptors (Lipinski definition) is 7. The fraction of sp³-hybridized carbons (Fsp3) is 0.364. The number of nitrogens with one attached hydrogen (secondary N) is 2. The van der Waals surface area contributed by atoms with Crippen LogP contribution in [-0.2, 0) is 30.5 Å². The van der Waals surface area contributed by atoms with Crippen LogP contribution < -0.4 is 10.6 Å². The minimum Gasteiger partial charge on any atom is -0.481 e. The molecular formula is C33H38N2O7S. The molecule has 1 heterocycles. The first-order valence-corrected chi connectivity index (χ1v) is 15.4. The van der Waals surface area contributed by atoms with Crippen molar-refractivity contribution < 1.29 is 34.1 Å². The Morgan fingerprint density at radius 2 is 1.60 bits per heavy atom. The van der Waals surface area contributed by atoms with Crippen LogP contribution in [0.2, 0.25) is 0 Å². The van der Waals surface area contributed by atoms with E-state index >= 15 is 0 Å². The molecule has 3 aromatic rings. The Hall–Kier alpha value is -3.70. The number of aliphatic hydroxyl groups is 1. The minimum atomic E-state index is -0.823. The third-order valence-corrected chi connectivity index (χ3v) is 8.11. The zero-order valence-electron chi connectivity index (χ0n) is 24.2. The van der Waals surface area contributed by atoms with Crippen molar-refractivity contribution in [3.8, 4) is 0 Å². The maximum absolute atomic E-state index is 12.5. The van der Waals surface area contributed by atoms with E-state index in [1.807, 2.05) is 72.8 Å². The summed E-state index contributed by atoms with van der Waals surface area (Å²) in [5.74, 6) is -0.380. The van der Waals surface area contributed by atoms with Crippen LogP contribution in [0.25, 0.3) is 0 Å². The molecule has 0 unspecified atom stereocenters. The van der Waals surface area contributed by atoms with Crippen LogP contribution in [0.15, 0.2) is 77.7 Å². The summed E-state index contributed by atoms with van der Waals surface area (Å²) in [6.45, 7) is 1.45. The number of carboxylic acids is 1. The fourth-order valence-electron chi connectivity index (χ4n) is 4.77. The Morgan fingerprint density at radius 1 is 0.860 bits per heavy atom. The van der Waals surface area contributed by atoms with Gasteiger partial charge in [0.1, 0.15) is 0 Å². The summed E-state index contributed by atoms with van der Waals surface area (Å²) in [5.41, 5.74) is 3.99. The summed E-state index contributed by atoms with van der Waals surface area (Å²) >= 11 is 1.66. The molecule has 10 heteroatoms. The summed E-state index contributed by atoms with van der Waals surface area (Å²) in [7, 11) is 0. The highest BCUT2D eigenvalue weighted by Gasteiger charge is 2.32. The second kappa shape index (κ2) is 16.2. The van der Waals surface area contributed by atoms with E-state index in [1.54, 1.807) is 11.8 Å². The van der Waals surface area contributed by atoms with Gasteiger partial charge in [0, 0.05) is 53.8 Å². The molecule has 0 saturated carbocycles. The van der Waals surface area contributed by atoms with Crippen molar-refractivity contribution in [3.63, 3.8) is 0 Å². The van der Waals surface area contributed by atoms with Gasteiger partial charge in [-0.3, -0.25) is 14.4 Å². The molecule has 3 atom stereocenters. The standard InChI is InChI=1S/C33H38N2O7S/c1-22(37)34-26-14-16-29(17-15-26)43-21-28-19-30(24-12-10-23(20-36)11-13-24)42-33(41-28)25-6-5-7-27(18-25)35-31(38)8-3-2-4-9-32(39)40/h5-7,10-18,28,30,33,36H,2-4,8-9,19-21H2,1H3,(H,34,37)(H,35,38)(H,39,40)/t28-,30+,33+/m1/s1. The van der Waals surface area contributed by atoms with Gasteiger partial charge in [-0.25, -0.2) is 0 Å². The Bertz CT molecular complexity index is 1360. The highest BCUT2D eigenvalue weighted by atomic mass is 32.2. The zero-order chi connectivity index (χ0) is 30.6. The number of benzene rings is 3. The van der Waals surface area contributed by atoms with Crippen LogP contribution in [0.4, 0.5) is 11.4 Å². The van der Waals surface area contributed by atoms with Gasteiger partial charge in [0.05, 0.1) is 18.8 Å². The van der Waals surface area contributed by atoms with Crippen LogP contribution >= 0.6 is 11.8 Å².